The molecule has 0 unspecified atom stereocenters. The number of rotatable bonds is 5. The van der Waals surface area contributed by atoms with Gasteiger partial charge in [0.1, 0.15) is 23.2 Å². The lowest BCUT2D eigenvalue weighted by atomic mass is 10.1. The molecule has 1 aromatic carbocycles. The predicted molar refractivity (Wildman–Crippen MR) is 98.8 cm³/mol. The van der Waals surface area contributed by atoms with Crippen molar-refractivity contribution in [1.82, 2.24) is 19.1 Å². The number of fused-ring (bicyclic) bond motifs is 1. The van der Waals surface area contributed by atoms with Gasteiger partial charge in [-0.15, -0.1) is 5.10 Å². The highest BCUT2D eigenvalue weighted by atomic mass is 35.5. The minimum absolute atomic E-state index is 0.576. The maximum absolute atomic E-state index is 6.08. The van der Waals surface area contributed by atoms with Crippen molar-refractivity contribution in [2.45, 2.75) is 24.4 Å². The number of thioether (sulfide) groups is 1. The predicted octanol–water partition coefficient (Wildman–Crippen LogP) is 4.14. The summed E-state index contributed by atoms with van der Waals surface area (Å²) in [5.41, 5.74) is 2.89. The van der Waals surface area contributed by atoms with Crippen LogP contribution in [0.4, 0.5) is 0 Å². The Morgan fingerprint density at radius 1 is 1.28 bits per heavy atom. The average Bonchev–Trinajstić information content (AvgIpc) is 3.25. The third-order valence-corrected chi connectivity index (χ3v) is 5.81. The molecule has 1 aliphatic heterocycles. The Balaban J connectivity index is 1.60. The molecule has 0 spiro atoms. The van der Waals surface area contributed by atoms with Gasteiger partial charge in [0, 0.05) is 29.4 Å². The van der Waals surface area contributed by atoms with Crippen LogP contribution in [0.25, 0.3) is 11.3 Å². The summed E-state index contributed by atoms with van der Waals surface area (Å²) in [6.07, 6.45) is 1.89. The molecule has 0 fully saturated rings. The molecule has 0 bridgehead atoms. The SMILES string of the molecule is CCn1c(-c2ccc3c(c2)OCCO3)cnc1SCc1nnsc1Cl. The molecular formula is C16H15ClN4O2S2. The molecule has 0 atom stereocenters. The Labute approximate surface area is 158 Å². The molecule has 0 saturated carbocycles. The first kappa shape index (κ1) is 16.7. The summed E-state index contributed by atoms with van der Waals surface area (Å²) in [6, 6.07) is 5.99. The Bertz CT molecular complexity index is 896. The van der Waals surface area contributed by atoms with Gasteiger partial charge >= 0.3 is 0 Å². The Morgan fingerprint density at radius 2 is 2.12 bits per heavy atom. The second-order valence-corrected chi connectivity index (χ2v) is 7.61. The number of aromatic nitrogens is 4. The fraction of sp³-hybridized carbons (Fsp3) is 0.312. The zero-order chi connectivity index (χ0) is 17.2. The average molecular weight is 395 g/mol. The number of hydrogen-bond donors (Lipinski definition) is 0. The van der Waals surface area contributed by atoms with Crippen molar-refractivity contribution in [1.29, 1.82) is 0 Å². The van der Waals surface area contributed by atoms with Crippen LogP contribution >= 0.6 is 34.9 Å². The second-order valence-electron chi connectivity index (χ2n) is 5.31. The van der Waals surface area contributed by atoms with Crippen LogP contribution < -0.4 is 9.47 Å². The summed E-state index contributed by atoms with van der Waals surface area (Å²) < 4.78 is 17.9. The van der Waals surface area contributed by atoms with Gasteiger partial charge in [-0.1, -0.05) is 27.9 Å². The summed E-state index contributed by atoms with van der Waals surface area (Å²) in [6.45, 7) is 4.08. The fourth-order valence-corrected chi connectivity index (χ4v) is 4.40. The van der Waals surface area contributed by atoms with Gasteiger partial charge in [-0.2, -0.15) is 0 Å². The highest BCUT2D eigenvalue weighted by Gasteiger charge is 2.17. The van der Waals surface area contributed by atoms with Crippen LogP contribution in [0.2, 0.25) is 4.34 Å². The molecule has 130 valence electrons. The van der Waals surface area contributed by atoms with E-state index in [4.69, 9.17) is 21.1 Å². The first-order chi connectivity index (χ1) is 12.3. The van der Waals surface area contributed by atoms with Crippen molar-refractivity contribution in [3.63, 3.8) is 0 Å². The zero-order valence-electron chi connectivity index (χ0n) is 13.4. The fourth-order valence-electron chi connectivity index (χ4n) is 2.63. The molecule has 3 aromatic rings. The van der Waals surface area contributed by atoms with E-state index in [0.29, 0.717) is 23.3 Å². The van der Waals surface area contributed by atoms with Crippen molar-refractivity contribution in [3.05, 3.63) is 34.4 Å². The smallest absolute Gasteiger partial charge is 0.168 e. The molecule has 0 N–H and O–H groups in total. The number of hydrogen-bond acceptors (Lipinski definition) is 7. The van der Waals surface area contributed by atoms with Gasteiger partial charge in [-0.05, 0) is 25.1 Å². The van der Waals surface area contributed by atoms with Gasteiger partial charge in [0.05, 0.1) is 11.9 Å². The molecule has 0 saturated heterocycles. The van der Waals surface area contributed by atoms with E-state index in [1.165, 1.54) is 11.5 Å². The lowest BCUT2D eigenvalue weighted by molar-refractivity contribution is 0.171. The number of nitrogens with zero attached hydrogens (tertiary/aromatic N) is 4. The van der Waals surface area contributed by atoms with Crippen molar-refractivity contribution in [3.8, 4) is 22.8 Å². The van der Waals surface area contributed by atoms with E-state index < -0.39 is 0 Å². The van der Waals surface area contributed by atoms with E-state index >= 15 is 0 Å². The molecule has 4 rings (SSSR count). The molecule has 0 radical (unpaired) electrons. The maximum Gasteiger partial charge on any atom is 0.168 e. The van der Waals surface area contributed by atoms with Crippen molar-refractivity contribution < 1.29 is 9.47 Å². The third kappa shape index (κ3) is 3.33. The Hall–Kier alpha value is -1.77. The summed E-state index contributed by atoms with van der Waals surface area (Å²) >= 11 is 8.88. The normalized spacial score (nSPS) is 13.2. The molecule has 6 nitrogen and oxygen atoms in total. The first-order valence-corrected chi connectivity index (χ1v) is 9.95. The van der Waals surface area contributed by atoms with E-state index in [1.54, 1.807) is 11.8 Å². The van der Waals surface area contributed by atoms with Crippen molar-refractivity contribution >= 4 is 34.9 Å². The lowest BCUT2D eigenvalue weighted by Gasteiger charge is -2.19. The minimum Gasteiger partial charge on any atom is -0.486 e. The van der Waals surface area contributed by atoms with Gasteiger partial charge in [-0.25, -0.2) is 4.98 Å². The first-order valence-electron chi connectivity index (χ1n) is 7.81. The number of halogens is 1. The molecular weight excluding hydrogens is 380 g/mol. The Kier molecular flexibility index (Phi) is 4.82. The molecule has 25 heavy (non-hydrogen) atoms. The molecule has 3 heterocycles. The number of ether oxygens (including phenoxy) is 2. The van der Waals surface area contributed by atoms with E-state index in [1.807, 2.05) is 24.4 Å². The number of imidazole rings is 1. The van der Waals surface area contributed by atoms with Crippen LogP contribution in [0, 0.1) is 0 Å². The van der Waals surface area contributed by atoms with E-state index in [-0.39, 0.29) is 0 Å². The van der Waals surface area contributed by atoms with E-state index in [0.717, 1.165) is 40.2 Å². The van der Waals surface area contributed by atoms with Crippen LogP contribution in [0.3, 0.4) is 0 Å². The van der Waals surface area contributed by atoms with Gasteiger partial charge < -0.3 is 14.0 Å². The lowest BCUT2D eigenvalue weighted by Crippen LogP contribution is -2.15. The van der Waals surface area contributed by atoms with Crippen molar-refractivity contribution in [2.75, 3.05) is 13.2 Å². The van der Waals surface area contributed by atoms with Crippen LogP contribution in [0.1, 0.15) is 12.6 Å². The molecule has 9 heteroatoms. The Morgan fingerprint density at radius 3 is 2.88 bits per heavy atom. The van der Waals surface area contributed by atoms with Gasteiger partial charge in [0.2, 0.25) is 0 Å². The topological polar surface area (TPSA) is 62.1 Å². The van der Waals surface area contributed by atoms with Gasteiger partial charge in [-0.3, -0.25) is 0 Å². The van der Waals surface area contributed by atoms with Gasteiger partial charge in [0.15, 0.2) is 16.7 Å². The van der Waals surface area contributed by atoms with Crippen LogP contribution in [-0.2, 0) is 12.3 Å². The summed E-state index contributed by atoms with van der Waals surface area (Å²) in [5, 5.41) is 4.98. The standard InChI is InChI=1S/C16H15ClN4O2S2/c1-2-21-12(10-3-4-13-14(7-10)23-6-5-22-13)8-18-16(21)24-9-11-15(17)25-20-19-11/h3-4,7-8H,2,5-6,9H2,1H3. The highest BCUT2D eigenvalue weighted by Crippen LogP contribution is 2.36. The quantitative estimate of drug-likeness (QED) is 0.606. The largest absolute Gasteiger partial charge is 0.486 e. The highest BCUT2D eigenvalue weighted by molar-refractivity contribution is 7.98. The monoisotopic (exact) mass is 394 g/mol. The minimum atomic E-state index is 0.576. The van der Waals surface area contributed by atoms with Crippen LogP contribution in [-0.4, -0.2) is 32.4 Å². The van der Waals surface area contributed by atoms with Crippen molar-refractivity contribution in [2.24, 2.45) is 0 Å². The molecule has 0 aliphatic carbocycles. The third-order valence-electron chi connectivity index (χ3n) is 3.82. The van der Waals surface area contributed by atoms with E-state index in [9.17, 15) is 0 Å². The van der Waals surface area contributed by atoms with Gasteiger partial charge in [0.25, 0.3) is 0 Å². The summed E-state index contributed by atoms with van der Waals surface area (Å²) in [7, 11) is 0. The van der Waals surface area contributed by atoms with E-state index in [2.05, 4.69) is 26.1 Å². The maximum atomic E-state index is 6.08. The summed E-state index contributed by atoms with van der Waals surface area (Å²) in [5.74, 6) is 2.22. The zero-order valence-corrected chi connectivity index (χ0v) is 15.8. The second kappa shape index (κ2) is 7.23. The molecule has 1 aliphatic rings. The molecule has 0 amide bonds. The van der Waals surface area contributed by atoms with Crippen LogP contribution in [0.5, 0.6) is 11.5 Å². The summed E-state index contributed by atoms with van der Waals surface area (Å²) in [4.78, 5) is 4.57. The number of benzene rings is 1. The molecule has 2 aromatic heterocycles. The van der Waals surface area contributed by atoms with Crippen LogP contribution in [0.15, 0.2) is 29.6 Å².